The first kappa shape index (κ1) is 14.0. The molecule has 0 aliphatic rings. The first-order valence-corrected chi connectivity index (χ1v) is 4.92. The highest BCUT2D eigenvalue weighted by Gasteiger charge is 2.08. The van der Waals surface area contributed by atoms with Crippen LogP contribution in [0.15, 0.2) is 0 Å². The van der Waals surface area contributed by atoms with Crippen LogP contribution < -0.4 is 6.15 Å². The van der Waals surface area contributed by atoms with Crippen LogP contribution in [0.5, 0.6) is 0 Å². The second-order valence-electron chi connectivity index (χ2n) is 2.75. The number of hydrogen-bond acceptors (Lipinski definition) is 2. The van der Waals surface area contributed by atoms with E-state index in [1.54, 1.807) is 0 Å². The summed E-state index contributed by atoms with van der Waals surface area (Å²) in [6, 6.07) is 0. The van der Waals surface area contributed by atoms with E-state index in [0.717, 1.165) is 6.42 Å². The quantitative estimate of drug-likeness (QED) is 0.559. The molecule has 0 aliphatic heterocycles. The van der Waals surface area contributed by atoms with Gasteiger partial charge in [-0.2, -0.15) is 0 Å². The molecule has 0 saturated carbocycles. The second kappa shape index (κ2) is 8.50. The van der Waals surface area contributed by atoms with Gasteiger partial charge < -0.3 is 11.3 Å². The molecule has 2 atom stereocenters. The molecule has 0 fully saturated rings. The Bertz CT molecular complexity index is 78.5. The number of aliphatic hydroxyl groups is 1. The summed E-state index contributed by atoms with van der Waals surface area (Å²) in [7, 11) is 0. The van der Waals surface area contributed by atoms with Crippen molar-refractivity contribution < 1.29 is 5.11 Å². The van der Waals surface area contributed by atoms with E-state index in [9.17, 15) is 0 Å². The van der Waals surface area contributed by atoms with Crippen LogP contribution in [0, 0.1) is 0 Å². The number of unbranched alkanes of at least 4 members (excludes halogenated alkanes) is 2. The maximum absolute atomic E-state index is 9.07. The summed E-state index contributed by atoms with van der Waals surface area (Å²) in [5.41, 5.74) is 0. The fraction of sp³-hybridized carbons (Fsp3) is 1.00. The number of halogens is 1. The minimum Gasteiger partial charge on any atom is -0.392 e. The monoisotopic (exact) mass is 225 g/mol. The topological polar surface area (TPSA) is 55.2 Å². The Morgan fingerprint density at radius 1 is 1.36 bits per heavy atom. The fourth-order valence-electron chi connectivity index (χ4n) is 0.831. The van der Waals surface area contributed by atoms with Gasteiger partial charge >= 0.3 is 0 Å². The maximum atomic E-state index is 9.07. The van der Waals surface area contributed by atoms with E-state index in [4.69, 9.17) is 5.11 Å². The molecule has 0 aliphatic carbocycles. The molecule has 70 valence electrons. The van der Waals surface area contributed by atoms with Crippen LogP contribution in [0.25, 0.3) is 0 Å². The lowest BCUT2D eigenvalue weighted by Crippen LogP contribution is -2.15. The van der Waals surface area contributed by atoms with Crippen LogP contribution in [0.1, 0.15) is 39.5 Å². The van der Waals surface area contributed by atoms with E-state index in [-0.39, 0.29) is 12.3 Å². The molecule has 4 N–H and O–H groups in total. The van der Waals surface area contributed by atoms with Gasteiger partial charge in [-0.25, -0.2) is 0 Å². The minimum absolute atomic E-state index is 0. The van der Waals surface area contributed by atoms with Crippen molar-refractivity contribution in [3.8, 4) is 0 Å². The molecule has 0 amide bonds. The van der Waals surface area contributed by atoms with Crippen LogP contribution in [-0.4, -0.2) is 16.0 Å². The smallest absolute Gasteiger partial charge is 0.0637 e. The van der Waals surface area contributed by atoms with Crippen molar-refractivity contribution in [3.05, 3.63) is 0 Å². The number of rotatable bonds is 5. The Labute approximate surface area is 78.1 Å². The standard InChI is InChI=1S/C8H17BrO.H3N/c1-3-4-5-6-8(9)7(2)10;/h7-8,10H,3-6H2,1-2H3;1H3. The third-order valence-electron chi connectivity index (χ3n) is 1.61. The Kier molecular flexibility index (Phi) is 10.8. The molecular formula is C8H20BrNO. The molecule has 2 unspecified atom stereocenters. The van der Waals surface area contributed by atoms with Crippen molar-refractivity contribution in [3.63, 3.8) is 0 Å². The van der Waals surface area contributed by atoms with Gasteiger partial charge in [0, 0.05) is 4.83 Å². The molecule has 0 aromatic carbocycles. The zero-order valence-corrected chi connectivity index (χ0v) is 9.10. The van der Waals surface area contributed by atoms with Crippen LogP contribution in [0.4, 0.5) is 0 Å². The zero-order valence-electron chi connectivity index (χ0n) is 7.52. The highest BCUT2D eigenvalue weighted by atomic mass is 79.9. The largest absolute Gasteiger partial charge is 0.392 e. The Morgan fingerprint density at radius 2 is 1.91 bits per heavy atom. The summed E-state index contributed by atoms with van der Waals surface area (Å²) in [6.45, 7) is 4.01. The molecule has 0 aromatic heterocycles. The molecule has 3 heteroatoms. The van der Waals surface area contributed by atoms with Gasteiger partial charge in [0.05, 0.1) is 6.10 Å². The molecule has 0 rings (SSSR count). The summed E-state index contributed by atoms with van der Waals surface area (Å²) in [5.74, 6) is 0. The van der Waals surface area contributed by atoms with E-state index >= 15 is 0 Å². The van der Waals surface area contributed by atoms with Crippen molar-refractivity contribution >= 4 is 15.9 Å². The van der Waals surface area contributed by atoms with Crippen LogP contribution in [0.3, 0.4) is 0 Å². The summed E-state index contributed by atoms with van der Waals surface area (Å²) in [4.78, 5) is 0.291. The molecule has 0 saturated heterocycles. The summed E-state index contributed by atoms with van der Waals surface area (Å²) in [5, 5.41) is 9.07. The van der Waals surface area contributed by atoms with Crippen molar-refractivity contribution in [1.82, 2.24) is 6.15 Å². The molecule has 0 bridgehead atoms. The SMILES string of the molecule is CCCCCC(Br)C(C)O.N. The molecule has 2 nitrogen and oxygen atoms in total. The lowest BCUT2D eigenvalue weighted by Gasteiger charge is -2.11. The van der Waals surface area contributed by atoms with Crippen molar-refractivity contribution in [1.29, 1.82) is 0 Å². The first-order chi connectivity index (χ1) is 4.68. The molecule has 0 radical (unpaired) electrons. The van der Waals surface area contributed by atoms with Gasteiger partial charge in [-0.15, -0.1) is 0 Å². The van der Waals surface area contributed by atoms with Gasteiger partial charge in [-0.1, -0.05) is 42.1 Å². The van der Waals surface area contributed by atoms with E-state index in [0.29, 0.717) is 4.83 Å². The maximum Gasteiger partial charge on any atom is 0.0637 e. The highest BCUT2D eigenvalue weighted by Crippen LogP contribution is 2.14. The van der Waals surface area contributed by atoms with Crippen molar-refractivity contribution in [2.75, 3.05) is 0 Å². The van der Waals surface area contributed by atoms with Crippen LogP contribution in [0.2, 0.25) is 0 Å². The van der Waals surface area contributed by atoms with E-state index < -0.39 is 0 Å². The van der Waals surface area contributed by atoms with E-state index in [1.165, 1.54) is 19.3 Å². The molecule has 11 heavy (non-hydrogen) atoms. The average molecular weight is 226 g/mol. The highest BCUT2D eigenvalue weighted by molar-refractivity contribution is 9.09. The summed E-state index contributed by atoms with van der Waals surface area (Å²) in [6.07, 6.45) is 4.62. The van der Waals surface area contributed by atoms with Gasteiger partial charge in [-0.05, 0) is 13.3 Å². The first-order valence-electron chi connectivity index (χ1n) is 4.00. The van der Waals surface area contributed by atoms with Gasteiger partial charge in [-0.3, -0.25) is 0 Å². The molecule has 0 heterocycles. The summed E-state index contributed by atoms with van der Waals surface area (Å²) < 4.78 is 0. The second-order valence-corrected chi connectivity index (χ2v) is 3.93. The normalized spacial score (nSPS) is 15.3. The fourth-order valence-corrected chi connectivity index (χ4v) is 1.15. The number of aliphatic hydroxyl groups excluding tert-OH is 1. The molecule has 0 aromatic rings. The lowest BCUT2D eigenvalue weighted by atomic mass is 10.1. The molecular weight excluding hydrogens is 206 g/mol. The number of alkyl halides is 1. The van der Waals surface area contributed by atoms with E-state index in [2.05, 4.69) is 22.9 Å². The Balaban J connectivity index is 0. The molecule has 0 spiro atoms. The zero-order chi connectivity index (χ0) is 7.98. The van der Waals surface area contributed by atoms with Gasteiger partial charge in [0.1, 0.15) is 0 Å². The average Bonchev–Trinajstić information content (AvgIpc) is 1.88. The van der Waals surface area contributed by atoms with Gasteiger partial charge in [0.15, 0.2) is 0 Å². The predicted octanol–water partition coefficient (Wildman–Crippen LogP) is 2.87. The Morgan fingerprint density at radius 3 is 2.27 bits per heavy atom. The number of hydrogen-bond donors (Lipinski definition) is 2. The minimum atomic E-state index is -0.211. The van der Waals surface area contributed by atoms with E-state index in [1.807, 2.05) is 6.92 Å². The third-order valence-corrected chi connectivity index (χ3v) is 2.83. The predicted molar refractivity (Wildman–Crippen MR) is 53.6 cm³/mol. The van der Waals surface area contributed by atoms with Crippen molar-refractivity contribution in [2.45, 2.75) is 50.5 Å². The van der Waals surface area contributed by atoms with Crippen LogP contribution in [-0.2, 0) is 0 Å². The summed E-state index contributed by atoms with van der Waals surface area (Å²) >= 11 is 3.42. The lowest BCUT2D eigenvalue weighted by molar-refractivity contribution is 0.189. The van der Waals surface area contributed by atoms with Gasteiger partial charge in [0.25, 0.3) is 0 Å². The van der Waals surface area contributed by atoms with Crippen LogP contribution >= 0.6 is 15.9 Å². The van der Waals surface area contributed by atoms with Crippen molar-refractivity contribution in [2.24, 2.45) is 0 Å². The Hall–Kier alpha value is 0.400. The van der Waals surface area contributed by atoms with Gasteiger partial charge in [0.2, 0.25) is 0 Å². The third kappa shape index (κ3) is 8.30.